The van der Waals surface area contributed by atoms with Crippen LogP contribution in [0.1, 0.15) is 5.56 Å². The predicted octanol–water partition coefficient (Wildman–Crippen LogP) is 3.92. The van der Waals surface area contributed by atoms with Crippen molar-refractivity contribution in [3.05, 3.63) is 70.5 Å². The third-order valence-corrected chi connectivity index (χ3v) is 5.56. The standard InChI is InChI=1S/C22H20F3N5O3/c23-22(24,25)17-3-1-2-4-18(17)27-21(31)14-28-9-11-29(12-10-28)19-5-6-20(30(32)33)16-13-26-8-7-15(16)19/h1-8,13H,9-12,14H2,(H,27,31). The highest BCUT2D eigenvalue weighted by molar-refractivity contribution is 5.99. The van der Waals surface area contributed by atoms with E-state index in [9.17, 15) is 28.1 Å². The highest BCUT2D eigenvalue weighted by Gasteiger charge is 2.33. The van der Waals surface area contributed by atoms with Crippen LogP contribution in [-0.4, -0.2) is 53.4 Å². The fourth-order valence-electron chi connectivity index (χ4n) is 3.97. The van der Waals surface area contributed by atoms with E-state index in [4.69, 9.17) is 0 Å². The summed E-state index contributed by atoms with van der Waals surface area (Å²) in [6.45, 7) is 2.10. The van der Waals surface area contributed by atoms with Gasteiger partial charge in [-0.05, 0) is 24.3 Å². The summed E-state index contributed by atoms with van der Waals surface area (Å²) in [5.74, 6) is -0.521. The Bertz CT molecular complexity index is 1190. The quantitative estimate of drug-likeness (QED) is 0.459. The van der Waals surface area contributed by atoms with Gasteiger partial charge in [-0.25, -0.2) is 0 Å². The Morgan fingerprint density at radius 1 is 1.06 bits per heavy atom. The second-order valence-corrected chi connectivity index (χ2v) is 7.64. The number of fused-ring (bicyclic) bond motifs is 1. The zero-order valence-corrected chi connectivity index (χ0v) is 17.4. The highest BCUT2D eigenvalue weighted by Crippen LogP contribution is 2.35. The normalized spacial score (nSPS) is 14.9. The van der Waals surface area contributed by atoms with Crippen LogP contribution >= 0.6 is 0 Å². The number of anilines is 2. The van der Waals surface area contributed by atoms with Crippen LogP contribution in [-0.2, 0) is 11.0 Å². The van der Waals surface area contributed by atoms with E-state index >= 15 is 0 Å². The maximum absolute atomic E-state index is 13.1. The molecular weight excluding hydrogens is 439 g/mol. The largest absolute Gasteiger partial charge is 0.418 e. The van der Waals surface area contributed by atoms with Crippen molar-refractivity contribution in [1.82, 2.24) is 9.88 Å². The molecule has 11 heteroatoms. The summed E-state index contributed by atoms with van der Waals surface area (Å²) in [4.78, 5) is 31.2. The van der Waals surface area contributed by atoms with Gasteiger partial charge < -0.3 is 10.2 Å². The number of piperazine rings is 1. The van der Waals surface area contributed by atoms with Crippen molar-refractivity contribution in [3.63, 3.8) is 0 Å². The molecule has 0 unspecified atom stereocenters. The number of amides is 1. The van der Waals surface area contributed by atoms with Gasteiger partial charge >= 0.3 is 6.18 Å². The lowest BCUT2D eigenvalue weighted by Crippen LogP contribution is -2.48. The molecular formula is C22H20F3N5O3. The summed E-state index contributed by atoms with van der Waals surface area (Å²) in [7, 11) is 0. The predicted molar refractivity (Wildman–Crippen MR) is 117 cm³/mol. The van der Waals surface area contributed by atoms with Crippen LogP contribution in [0.5, 0.6) is 0 Å². The average molecular weight is 459 g/mol. The Morgan fingerprint density at radius 3 is 2.48 bits per heavy atom. The molecule has 0 atom stereocenters. The van der Waals surface area contributed by atoms with Gasteiger partial charge in [0.05, 0.1) is 28.1 Å². The van der Waals surface area contributed by atoms with Crippen molar-refractivity contribution in [1.29, 1.82) is 0 Å². The minimum absolute atomic E-state index is 0.0173. The number of carbonyl (C=O) groups excluding carboxylic acids is 1. The first-order valence-corrected chi connectivity index (χ1v) is 10.2. The molecule has 1 aromatic heterocycles. The summed E-state index contributed by atoms with van der Waals surface area (Å²) in [5.41, 5.74) is -0.334. The van der Waals surface area contributed by atoms with Gasteiger partial charge in [-0.1, -0.05) is 12.1 Å². The lowest BCUT2D eigenvalue weighted by Gasteiger charge is -2.36. The number of hydrogen-bond acceptors (Lipinski definition) is 6. The molecule has 1 N–H and O–H groups in total. The number of pyridine rings is 1. The zero-order chi connectivity index (χ0) is 23.6. The molecule has 0 saturated carbocycles. The molecule has 1 fully saturated rings. The Morgan fingerprint density at radius 2 is 1.79 bits per heavy atom. The van der Waals surface area contributed by atoms with E-state index in [1.165, 1.54) is 30.5 Å². The van der Waals surface area contributed by atoms with Gasteiger partial charge in [-0.15, -0.1) is 0 Å². The zero-order valence-electron chi connectivity index (χ0n) is 17.4. The number of para-hydroxylation sites is 1. The fourth-order valence-corrected chi connectivity index (χ4v) is 3.97. The lowest BCUT2D eigenvalue weighted by molar-refractivity contribution is -0.383. The molecule has 1 aliphatic heterocycles. The molecule has 2 aromatic carbocycles. The average Bonchev–Trinajstić information content (AvgIpc) is 2.78. The van der Waals surface area contributed by atoms with Crippen molar-refractivity contribution >= 4 is 33.7 Å². The maximum Gasteiger partial charge on any atom is 0.418 e. The van der Waals surface area contributed by atoms with Crippen molar-refractivity contribution in [3.8, 4) is 0 Å². The second kappa shape index (κ2) is 9.02. The van der Waals surface area contributed by atoms with E-state index in [0.29, 0.717) is 37.0 Å². The first-order chi connectivity index (χ1) is 15.7. The van der Waals surface area contributed by atoms with Crippen LogP contribution in [0, 0.1) is 10.1 Å². The van der Waals surface area contributed by atoms with Gasteiger partial charge in [0.15, 0.2) is 0 Å². The van der Waals surface area contributed by atoms with Crippen LogP contribution in [0.3, 0.4) is 0 Å². The molecule has 0 radical (unpaired) electrons. The van der Waals surface area contributed by atoms with Crippen LogP contribution in [0.2, 0.25) is 0 Å². The number of non-ortho nitro benzene ring substituents is 1. The molecule has 3 aromatic rings. The van der Waals surface area contributed by atoms with Gasteiger partial charge in [0.1, 0.15) is 0 Å². The van der Waals surface area contributed by atoms with Crippen molar-refractivity contribution in [2.24, 2.45) is 0 Å². The third-order valence-electron chi connectivity index (χ3n) is 5.56. The maximum atomic E-state index is 13.1. The van der Waals surface area contributed by atoms with E-state index in [1.54, 1.807) is 18.3 Å². The second-order valence-electron chi connectivity index (χ2n) is 7.64. The van der Waals surface area contributed by atoms with Crippen LogP contribution in [0.25, 0.3) is 10.8 Å². The molecule has 33 heavy (non-hydrogen) atoms. The molecule has 4 rings (SSSR count). The number of aromatic nitrogens is 1. The fraction of sp³-hybridized carbons (Fsp3) is 0.273. The first-order valence-electron chi connectivity index (χ1n) is 10.2. The van der Waals surface area contributed by atoms with E-state index in [1.807, 2.05) is 4.90 Å². The van der Waals surface area contributed by atoms with Gasteiger partial charge in [0, 0.05) is 55.7 Å². The summed E-state index contributed by atoms with van der Waals surface area (Å²) < 4.78 is 39.4. The van der Waals surface area contributed by atoms with Gasteiger partial charge in [-0.2, -0.15) is 13.2 Å². The summed E-state index contributed by atoms with van der Waals surface area (Å²) >= 11 is 0. The minimum atomic E-state index is -4.56. The number of alkyl halides is 3. The number of halogens is 3. The van der Waals surface area contributed by atoms with E-state index < -0.39 is 22.6 Å². The van der Waals surface area contributed by atoms with Crippen LogP contribution < -0.4 is 10.2 Å². The smallest absolute Gasteiger partial charge is 0.368 e. The number of benzene rings is 2. The van der Waals surface area contributed by atoms with E-state index in [0.717, 1.165) is 11.8 Å². The molecule has 2 heterocycles. The molecule has 8 nitrogen and oxygen atoms in total. The monoisotopic (exact) mass is 459 g/mol. The third kappa shape index (κ3) is 4.87. The van der Waals surface area contributed by atoms with Crippen molar-refractivity contribution < 1.29 is 22.9 Å². The molecule has 172 valence electrons. The van der Waals surface area contributed by atoms with Gasteiger partial charge in [-0.3, -0.25) is 24.8 Å². The Labute approximate surface area is 186 Å². The number of rotatable bonds is 5. The van der Waals surface area contributed by atoms with Gasteiger partial charge in [0.25, 0.3) is 5.69 Å². The van der Waals surface area contributed by atoms with Crippen molar-refractivity contribution in [2.45, 2.75) is 6.18 Å². The number of nitrogens with one attached hydrogen (secondary N) is 1. The van der Waals surface area contributed by atoms with Crippen LogP contribution in [0.15, 0.2) is 54.9 Å². The highest BCUT2D eigenvalue weighted by atomic mass is 19.4. The Hall–Kier alpha value is -3.73. The molecule has 0 bridgehead atoms. The van der Waals surface area contributed by atoms with Crippen LogP contribution in [0.4, 0.5) is 30.2 Å². The van der Waals surface area contributed by atoms with E-state index in [2.05, 4.69) is 15.2 Å². The molecule has 0 spiro atoms. The molecule has 1 aliphatic rings. The minimum Gasteiger partial charge on any atom is -0.368 e. The summed E-state index contributed by atoms with van der Waals surface area (Å²) in [6, 6.07) is 9.76. The summed E-state index contributed by atoms with van der Waals surface area (Å²) in [5, 5.41) is 14.8. The summed E-state index contributed by atoms with van der Waals surface area (Å²) in [6.07, 6.45) is -1.51. The Balaban J connectivity index is 1.41. The SMILES string of the molecule is O=C(CN1CCN(c2ccc([N+](=O)[O-])c3cnccc23)CC1)Nc1ccccc1C(F)(F)F. The molecule has 1 amide bonds. The number of hydrogen-bond donors (Lipinski definition) is 1. The van der Waals surface area contributed by atoms with E-state index in [-0.39, 0.29) is 17.9 Å². The van der Waals surface area contributed by atoms with Crippen molar-refractivity contribution in [2.75, 3.05) is 42.9 Å². The number of carbonyl (C=O) groups is 1. The number of nitro groups is 1. The van der Waals surface area contributed by atoms with Gasteiger partial charge in [0.2, 0.25) is 5.91 Å². The molecule has 1 saturated heterocycles. The number of nitro benzene ring substituents is 1. The first kappa shape index (κ1) is 22.5. The number of nitrogens with zero attached hydrogens (tertiary/aromatic N) is 4. The molecule has 0 aliphatic carbocycles. The Kier molecular flexibility index (Phi) is 6.14. The topological polar surface area (TPSA) is 91.6 Å². The lowest BCUT2D eigenvalue weighted by atomic mass is 10.1.